The first-order valence-electron chi connectivity index (χ1n) is 4.40. The fourth-order valence-electron chi connectivity index (χ4n) is 1.20. The molecule has 0 radical (unpaired) electrons. The molecule has 0 aromatic heterocycles. The van der Waals surface area contributed by atoms with Gasteiger partial charge in [0.15, 0.2) is 0 Å². The molecule has 0 heterocycles. The topological polar surface area (TPSA) is 30.5 Å². The molecule has 3 nitrogen and oxygen atoms in total. The number of hydrogen-bond acceptors (Lipinski definition) is 3. The highest BCUT2D eigenvalue weighted by atomic mass is 79.9. The molecule has 0 saturated heterocycles. The van der Waals surface area contributed by atoms with E-state index >= 15 is 0 Å². The summed E-state index contributed by atoms with van der Waals surface area (Å²) < 4.78 is 6.00. The van der Waals surface area contributed by atoms with E-state index in [0.717, 1.165) is 15.6 Å². The maximum atomic E-state index is 6.11. The van der Waals surface area contributed by atoms with E-state index in [0.29, 0.717) is 18.2 Å². The van der Waals surface area contributed by atoms with Crippen LogP contribution in [-0.2, 0) is 22.7 Å². The van der Waals surface area contributed by atoms with Crippen LogP contribution < -0.4 is 5.48 Å². The highest BCUT2D eigenvalue weighted by Crippen LogP contribution is 2.27. The highest BCUT2D eigenvalue weighted by molar-refractivity contribution is 9.10. The Labute approximate surface area is 103 Å². The first-order chi connectivity index (χ1) is 7.19. The van der Waals surface area contributed by atoms with Crippen LogP contribution in [0.3, 0.4) is 0 Å². The van der Waals surface area contributed by atoms with Gasteiger partial charge in [-0.2, -0.15) is 5.48 Å². The quantitative estimate of drug-likeness (QED) is 0.847. The Morgan fingerprint density at radius 1 is 1.40 bits per heavy atom. The van der Waals surface area contributed by atoms with Crippen molar-refractivity contribution in [3.63, 3.8) is 0 Å². The van der Waals surface area contributed by atoms with Gasteiger partial charge in [0.1, 0.15) is 0 Å². The molecule has 1 aromatic rings. The summed E-state index contributed by atoms with van der Waals surface area (Å²) in [6, 6.07) is 3.89. The number of methoxy groups -OCH3 is 1. The van der Waals surface area contributed by atoms with Crippen LogP contribution >= 0.6 is 27.5 Å². The van der Waals surface area contributed by atoms with Crippen LogP contribution in [0.4, 0.5) is 0 Å². The lowest BCUT2D eigenvalue weighted by Crippen LogP contribution is -2.11. The van der Waals surface area contributed by atoms with Crippen molar-refractivity contribution < 1.29 is 9.57 Å². The van der Waals surface area contributed by atoms with Crippen LogP contribution in [0.25, 0.3) is 0 Å². The van der Waals surface area contributed by atoms with Gasteiger partial charge in [-0.3, -0.25) is 0 Å². The van der Waals surface area contributed by atoms with Crippen LogP contribution in [0.1, 0.15) is 11.1 Å². The minimum absolute atomic E-state index is 0.497. The fourth-order valence-corrected chi connectivity index (χ4v) is 2.23. The van der Waals surface area contributed by atoms with Gasteiger partial charge in [-0.15, -0.1) is 0 Å². The molecule has 0 fully saturated rings. The molecule has 0 spiro atoms. The molecule has 0 atom stereocenters. The molecule has 15 heavy (non-hydrogen) atoms. The summed E-state index contributed by atoms with van der Waals surface area (Å²) in [7, 11) is 3.22. The summed E-state index contributed by atoms with van der Waals surface area (Å²) in [6.45, 7) is 1.11. The molecule has 0 bridgehead atoms. The number of benzene rings is 1. The van der Waals surface area contributed by atoms with E-state index in [9.17, 15) is 0 Å². The predicted octanol–water partition coefficient (Wildman–Crippen LogP) is 2.90. The van der Waals surface area contributed by atoms with Crippen molar-refractivity contribution in [3.05, 3.63) is 32.8 Å². The molecular formula is C10H13BrClNO2. The standard InChI is InChI=1S/C10H13BrClNO2/c1-14-6-8-9(11)3-7(4-10(8)12)5-13-15-2/h3-4,13H,5-6H2,1-2H3. The van der Waals surface area contributed by atoms with E-state index in [1.807, 2.05) is 12.1 Å². The van der Waals surface area contributed by atoms with E-state index < -0.39 is 0 Å². The van der Waals surface area contributed by atoms with Crippen LogP contribution in [0.2, 0.25) is 5.02 Å². The van der Waals surface area contributed by atoms with Crippen LogP contribution in [0, 0.1) is 0 Å². The lowest BCUT2D eigenvalue weighted by molar-refractivity contribution is 0.0867. The second-order valence-electron chi connectivity index (χ2n) is 3.00. The summed E-state index contributed by atoms with van der Waals surface area (Å²) in [5.74, 6) is 0. The van der Waals surface area contributed by atoms with Gasteiger partial charge in [0.2, 0.25) is 0 Å². The highest BCUT2D eigenvalue weighted by Gasteiger charge is 2.07. The molecule has 5 heteroatoms. The molecule has 1 aromatic carbocycles. The number of hydrogen-bond donors (Lipinski definition) is 1. The Bertz CT molecular complexity index is 310. The monoisotopic (exact) mass is 293 g/mol. The Morgan fingerprint density at radius 2 is 2.13 bits per heavy atom. The zero-order valence-corrected chi connectivity index (χ0v) is 11.0. The Balaban J connectivity index is 2.87. The zero-order valence-electron chi connectivity index (χ0n) is 8.64. The SMILES string of the molecule is COCc1c(Cl)cc(CNOC)cc1Br. The molecule has 0 unspecified atom stereocenters. The van der Waals surface area contributed by atoms with E-state index in [1.54, 1.807) is 14.2 Å². The third-order valence-electron chi connectivity index (χ3n) is 1.91. The van der Waals surface area contributed by atoms with Gasteiger partial charge in [-0.25, -0.2) is 0 Å². The number of hydroxylamine groups is 1. The normalized spacial score (nSPS) is 10.7. The molecular weight excluding hydrogens is 281 g/mol. The minimum Gasteiger partial charge on any atom is -0.380 e. The van der Waals surface area contributed by atoms with Crippen molar-refractivity contribution in [3.8, 4) is 0 Å². The minimum atomic E-state index is 0.497. The van der Waals surface area contributed by atoms with Crippen LogP contribution in [0.15, 0.2) is 16.6 Å². The number of halogens is 2. The first kappa shape index (κ1) is 12.9. The summed E-state index contributed by atoms with van der Waals surface area (Å²) in [6.07, 6.45) is 0. The molecule has 0 amide bonds. The Hall–Kier alpha value is -0.130. The maximum Gasteiger partial charge on any atom is 0.0738 e. The van der Waals surface area contributed by atoms with Crippen molar-refractivity contribution in [1.82, 2.24) is 5.48 Å². The molecule has 1 rings (SSSR count). The lowest BCUT2D eigenvalue weighted by Gasteiger charge is -2.09. The van der Waals surface area contributed by atoms with Gasteiger partial charge in [-0.1, -0.05) is 27.5 Å². The van der Waals surface area contributed by atoms with Crippen molar-refractivity contribution >= 4 is 27.5 Å². The van der Waals surface area contributed by atoms with Gasteiger partial charge in [0.05, 0.1) is 13.7 Å². The first-order valence-corrected chi connectivity index (χ1v) is 5.57. The molecule has 0 aliphatic rings. The van der Waals surface area contributed by atoms with Crippen molar-refractivity contribution in [1.29, 1.82) is 0 Å². The number of ether oxygens (including phenoxy) is 1. The number of rotatable bonds is 5. The van der Waals surface area contributed by atoms with Crippen molar-refractivity contribution in [2.24, 2.45) is 0 Å². The molecule has 0 saturated carbocycles. The maximum absolute atomic E-state index is 6.11. The van der Waals surface area contributed by atoms with Gasteiger partial charge < -0.3 is 9.57 Å². The van der Waals surface area contributed by atoms with Gasteiger partial charge in [0, 0.05) is 28.7 Å². The van der Waals surface area contributed by atoms with E-state index in [-0.39, 0.29) is 0 Å². The molecule has 84 valence electrons. The molecule has 0 aliphatic heterocycles. The Morgan fingerprint density at radius 3 is 2.67 bits per heavy atom. The third-order valence-corrected chi connectivity index (χ3v) is 2.95. The predicted molar refractivity (Wildman–Crippen MR) is 63.7 cm³/mol. The van der Waals surface area contributed by atoms with Crippen LogP contribution in [0.5, 0.6) is 0 Å². The number of nitrogens with one attached hydrogen (secondary N) is 1. The summed E-state index contributed by atoms with van der Waals surface area (Å²) >= 11 is 9.57. The van der Waals surface area contributed by atoms with Crippen molar-refractivity contribution in [2.45, 2.75) is 13.2 Å². The average Bonchev–Trinajstić information content (AvgIpc) is 2.20. The summed E-state index contributed by atoms with van der Waals surface area (Å²) in [4.78, 5) is 4.77. The largest absolute Gasteiger partial charge is 0.380 e. The molecule has 1 N–H and O–H groups in total. The van der Waals surface area contributed by atoms with Gasteiger partial charge in [0.25, 0.3) is 0 Å². The summed E-state index contributed by atoms with van der Waals surface area (Å²) in [5, 5.41) is 0.694. The van der Waals surface area contributed by atoms with Crippen molar-refractivity contribution in [2.75, 3.05) is 14.2 Å². The second-order valence-corrected chi connectivity index (χ2v) is 4.26. The zero-order chi connectivity index (χ0) is 11.3. The summed E-state index contributed by atoms with van der Waals surface area (Å²) in [5.41, 5.74) is 4.77. The second kappa shape index (κ2) is 6.45. The fraction of sp³-hybridized carbons (Fsp3) is 0.400. The van der Waals surface area contributed by atoms with Gasteiger partial charge >= 0.3 is 0 Å². The van der Waals surface area contributed by atoms with E-state index in [1.165, 1.54) is 0 Å². The molecule has 0 aliphatic carbocycles. The average molecular weight is 295 g/mol. The smallest absolute Gasteiger partial charge is 0.0738 e. The lowest BCUT2D eigenvalue weighted by atomic mass is 10.1. The van der Waals surface area contributed by atoms with Crippen LogP contribution in [-0.4, -0.2) is 14.2 Å². The van der Waals surface area contributed by atoms with E-state index in [4.69, 9.17) is 21.2 Å². The van der Waals surface area contributed by atoms with Gasteiger partial charge in [-0.05, 0) is 17.7 Å². The Kier molecular flexibility index (Phi) is 5.56. The third kappa shape index (κ3) is 3.74. The van der Waals surface area contributed by atoms with E-state index in [2.05, 4.69) is 21.4 Å².